The Kier molecular flexibility index (Phi) is 4.13. The highest BCUT2D eigenvalue weighted by atomic mass is 32.2. The number of allylic oxidation sites excluding steroid dienone is 1. The van der Waals surface area contributed by atoms with Gasteiger partial charge in [-0.25, -0.2) is 0 Å². The van der Waals surface area contributed by atoms with E-state index in [0.29, 0.717) is 23.5 Å². The number of methoxy groups -OCH3 is 1. The molecule has 0 aliphatic heterocycles. The fourth-order valence-electron chi connectivity index (χ4n) is 2.62. The normalized spacial score (nSPS) is 13.9. The van der Waals surface area contributed by atoms with Crippen LogP contribution in [0.3, 0.4) is 0 Å². The van der Waals surface area contributed by atoms with Gasteiger partial charge in [-0.3, -0.25) is 0 Å². The molecular formula is C18H18O4S. The number of hydrogen-bond acceptors (Lipinski definition) is 4. The summed E-state index contributed by atoms with van der Waals surface area (Å²) in [7, 11) is -2.35. The minimum Gasteiger partial charge on any atom is -0.493 e. The third-order valence-electron chi connectivity index (χ3n) is 3.85. The number of rotatable bonds is 4. The summed E-state index contributed by atoms with van der Waals surface area (Å²) in [5.41, 5.74) is 3.05. The lowest BCUT2D eigenvalue weighted by atomic mass is 9.98. The number of benzene rings is 2. The van der Waals surface area contributed by atoms with Crippen LogP contribution in [0.1, 0.15) is 23.1 Å². The number of fused-ring (bicyclic) bond motifs is 1. The van der Waals surface area contributed by atoms with Gasteiger partial charge in [-0.1, -0.05) is 30.3 Å². The summed E-state index contributed by atoms with van der Waals surface area (Å²) >= 11 is 0. The van der Waals surface area contributed by atoms with E-state index in [9.17, 15) is 8.42 Å². The summed E-state index contributed by atoms with van der Waals surface area (Å²) < 4.78 is 35.7. The first-order valence-electron chi connectivity index (χ1n) is 7.37. The van der Waals surface area contributed by atoms with Crippen molar-refractivity contribution < 1.29 is 17.3 Å². The second-order valence-electron chi connectivity index (χ2n) is 5.50. The van der Waals surface area contributed by atoms with E-state index in [4.69, 9.17) is 8.92 Å². The fraction of sp³-hybridized carbons (Fsp3) is 0.222. The van der Waals surface area contributed by atoms with Crippen molar-refractivity contribution in [3.8, 4) is 11.5 Å². The lowest BCUT2D eigenvalue weighted by Crippen LogP contribution is -2.15. The van der Waals surface area contributed by atoms with Crippen molar-refractivity contribution in [1.82, 2.24) is 0 Å². The quantitative estimate of drug-likeness (QED) is 0.802. The maximum atomic E-state index is 12.6. The van der Waals surface area contributed by atoms with Gasteiger partial charge >= 0.3 is 10.1 Å². The van der Waals surface area contributed by atoms with Crippen LogP contribution in [-0.4, -0.2) is 15.5 Å². The zero-order chi connectivity index (χ0) is 16.4. The zero-order valence-electron chi connectivity index (χ0n) is 13.1. The van der Waals surface area contributed by atoms with Gasteiger partial charge in [0.05, 0.1) is 12.0 Å². The highest BCUT2D eigenvalue weighted by Gasteiger charge is 2.24. The summed E-state index contributed by atoms with van der Waals surface area (Å²) in [6.07, 6.45) is 2.82. The molecule has 0 aromatic heterocycles. The van der Waals surface area contributed by atoms with Crippen molar-refractivity contribution in [2.75, 3.05) is 7.11 Å². The number of ether oxygens (including phenoxy) is 1. The molecular weight excluding hydrogens is 312 g/mol. The SMILES string of the molecule is COc1cc(C)ccc1OS(=O)(=O)C1=Cc2ccccc2CC1. The molecule has 23 heavy (non-hydrogen) atoms. The lowest BCUT2D eigenvalue weighted by Gasteiger charge is -2.17. The van der Waals surface area contributed by atoms with Gasteiger partial charge in [0.25, 0.3) is 0 Å². The second-order valence-corrected chi connectivity index (χ2v) is 7.10. The third kappa shape index (κ3) is 3.24. The smallest absolute Gasteiger partial charge is 0.335 e. The van der Waals surface area contributed by atoms with Crippen molar-refractivity contribution in [2.45, 2.75) is 19.8 Å². The molecule has 1 aliphatic rings. The largest absolute Gasteiger partial charge is 0.493 e. The fourth-order valence-corrected chi connectivity index (χ4v) is 3.72. The van der Waals surface area contributed by atoms with E-state index < -0.39 is 10.1 Å². The maximum Gasteiger partial charge on any atom is 0.335 e. The van der Waals surface area contributed by atoms with Gasteiger partial charge < -0.3 is 8.92 Å². The van der Waals surface area contributed by atoms with Gasteiger partial charge in [0.1, 0.15) is 0 Å². The molecule has 0 atom stereocenters. The second kappa shape index (κ2) is 6.08. The Morgan fingerprint density at radius 3 is 2.57 bits per heavy atom. The minimum absolute atomic E-state index is 0.206. The molecule has 0 fully saturated rings. The van der Waals surface area contributed by atoms with Gasteiger partial charge in [0, 0.05) is 0 Å². The summed E-state index contributed by atoms with van der Waals surface area (Å²) in [4.78, 5) is 0.291. The van der Waals surface area contributed by atoms with Crippen LogP contribution in [0.2, 0.25) is 0 Å². The molecule has 0 N–H and O–H groups in total. The summed E-state index contributed by atoms with van der Waals surface area (Å²) in [5, 5.41) is 0. The molecule has 2 aromatic carbocycles. The Labute approximate surface area is 136 Å². The first-order valence-corrected chi connectivity index (χ1v) is 8.78. The molecule has 0 radical (unpaired) electrons. The van der Waals surface area contributed by atoms with Gasteiger partial charge in [0.2, 0.25) is 0 Å². The number of aryl methyl sites for hydroxylation is 2. The highest BCUT2D eigenvalue weighted by molar-refractivity contribution is 7.91. The molecule has 0 saturated carbocycles. The predicted molar refractivity (Wildman–Crippen MR) is 90.0 cm³/mol. The average Bonchev–Trinajstić information content (AvgIpc) is 2.55. The molecule has 120 valence electrons. The topological polar surface area (TPSA) is 52.6 Å². The van der Waals surface area contributed by atoms with Crippen LogP contribution in [-0.2, 0) is 16.5 Å². The lowest BCUT2D eigenvalue weighted by molar-refractivity contribution is 0.391. The molecule has 0 unspecified atom stereocenters. The van der Waals surface area contributed by atoms with Gasteiger partial charge in [0.15, 0.2) is 11.5 Å². The Bertz CT molecular complexity index is 866. The molecule has 0 amide bonds. The molecule has 4 nitrogen and oxygen atoms in total. The van der Waals surface area contributed by atoms with Crippen LogP contribution in [0.15, 0.2) is 47.4 Å². The van der Waals surface area contributed by atoms with Crippen molar-refractivity contribution in [1.29, 1.82) is 0 Å². The molecule has 5 heteroatoms. The Morgan fingerprint density at radius 2 is 1.78 bits per heavy atom. The van der Waals surface area contributed by atoms with Crippen LogP contribution < -0.4 is 8.92 Å². The van der Waals surface area contributed by atoms with E-state index in [1.165, 1.54) is 7.11 Å². The molecule has 1 aliphatic carbocycles. The van der Waals surface area contributed by atoms with E-state index in [1.807, 2.05) is 31.2 Å². The van der Waals surface area contributed by atoms with E-state index in [0.717, 1.165) is 16.7 Å². The van der Waals surface area contributed by atoms with Gasteiger partial charge in [-0.2, -0.15) is 8.42 Å². The maximum absolute atomic E-state index is 12.6. The molecule has 2 aromatic rings. The van der Waals surface area contributed by atoms with Crippen LogP contribution in [0, 0.1) is 6.92 Å². The molecule has 3 rings (SSSR count). The third-order valence-corrected chi connectivity index (χ3v) is 5.22. The standard InChI is InChI=1S/C18H18O4S/c1-13-7-10-17(18(11-13)21-2)22-23(19,20)16-9-8-14-5-3-4-6-15(14)12-16/h3-7,10-12H,8-9H2,1-2H3. The van der Waals surface area contributed by atoms with Crippen LogP contribution in [0.25, 0.3) is 6.08 Å². The molecule has 0 bridgehead atoms. The van der Waals surface area contributed by atoms with Crippen molar-refractivity contribution in [2.24, 2.45) is 0 Å². The van der Waals surface area contributed by atoms with Crippen molar-refractivity contribution in [3.63, 3.8) is 0 Å². The Balaban J connectivity index is 1.93. The Morgan fingerprint density at radius 1 is 1.00 bits per heavy atom. The van der Waals surface area contributed by atoms with E-state index in [-0.39, 0.29) is 5.75 Å². The van der Waals surface area contributed by atoms with Crippen molar-refractivity contribution in [3.05, 3.63) is 64.1 Å². The minimum atomic E-state index is -3.84. The van der Waals surface area contributed by atoms with E-state index in [1.54, 1.807) is 24.3 Å². The van der Waals surface area contributed by atoms with Gasteiger partial charge in [-0.15, -0.1) is 0 Å². The predicted octanol–water partition coefficient (Wildman–Crippen LogP) is 3.70. The average molecular weight is 330 g/mol. The summed E-state index contributed by atoms with van der Waals surface area (Å²) in [6.45, 7) is 1.90. The van der Waals surface area contributed by atoms with Crippen LogP contribution >= 0.6 is 0 Å². The van der Waals surface area contributed by atoms with E-state index in [2.05, 4.69) is 0 Å². The summed E-state index contributed by atoms with van der Waals surface area (Å²) in [6, 6.07) is 12.9. The summed E-state index contributed by atoms with van der Waals surface area (Å²) in [5.74, 6) is 0.614. The highest BCUT2D eigenvalue weighted by Crippen LogP contribution is 2.33. The van der Waals surface area contributed by atoms with Crippen LogP contribution in [0.4, 0.5) is 0 Å². The monoisotopic (exact) mass is 330 g/mol. The molecule has 0 heterocycles. The van der Waals surface area contributed by atoms with Crippen molar-refractivity contribution >= 4 is 16.2 Å². The van der Waals surface area contributed by atoms with E-state index >= 15 is 0 Å². The first-order chi connectivity index (χ1) is 11.0. The number of hydrogen-bond donors (Lipinski definition) is 0. The molecule has 0 saturated heterocycles. The zero-order valence-corrected chi connectivity index (χ0v) is 13.9. The molecule has 0 spiro atoms. The Hall–Kier alpha value is -2.27. The first kappa shape index (κ1) is 15.6. The van der Waals surface area contributed by atoms with Crippen LogP contribution in [0.5, 0.6) is 11.5 Å². The van der Waals surface area contributed by atoms with Gasteiger partial charge in [-0.05, 0) is 54.7 Å².